The molecule has 4 heteroatoms. The Morgan fingerprint density at radius 2 is 0.905 bits per heavy atom. The van der Waals surface area contributed by atoms with Crippen LogP contribution in [0.3, 0.4) is 0 Å². The van der Waals surface area contributed by atoms with E-state index in [-0.39, 0.29) is 12.1 Å². The largest absolute Gasteiger partial charge is 0.481 e. The minimum Gasteiger partial charge on any atom is -0.481 e. The summed E-state index contributed by atoms with van der Waals surface area (Å²) in [5.74, 6) is -0.636. The Kier molecular flexibility index (Phi) is 33.1. The van der Waals surface area contributed by atoms with Gasteiger partial charge in [0, 0.05) is 12.8 Å². The molecule has 0 aromatic carbocycles. The standard InChI is InChI=1S/C38H72O4/c1-3-5-6-7-8-9-17-22-25-28-31-35-38(41)42-36(32-4-2)33-29-26-23-20-18-15-13-11-10-12-14-16-19-21-24-27-30-34-37(39)40/h7-8,36H,3-6,9-35H2,1-2H3,(H,39,40)/b8-7-. The molecule has 0 aliphatic heterocycles. The highest BCUT2D eigenvalue weighted by atomic mass is 16.5. The average Bonchev–Trinajstić information content (AvgIpc) is 2.97. The van der Waals surface area contributed by atoms with E-state index in [0.717, 1.165) is 44.9 Å². The highest BCUT2D eigenvalue weighted by Gasteiger charge is 2.13. The van der Waals surface area contributed by atoms with Gasteiger partial charge in [-0.2, -0.15) is 0 Å². The molecule has 0 aromatic rings. The minimum atomic E-state index is -0.662. The fraction of sp³-hybridized carbons (Fsp3) is 0.895. The minimum absolute atomic E-state index is 0.0253. The molecule has 248 valence electrons. The molecule has 0 spiro atoms. The van der Waals surface area contributed by atoms with Crippen molar-refractivity contribution in [2.45, 2.75) is 219 Å². The molecule has 4 nitrogen and oxygen atoms in total. The summed E-state index contributed by atoms with van der Waals surface area (Å²) in [6.07, 6.45) is 41.5. The highest BCUT2D eigenvalue weighted by Crippen LogP contribution is 2.17. The van der Waals surface area contributed by atoms with Crippen molar-refractivity contribution in [2.75, 3.05) is 0 Å². The molecule has 0 saturated carbocycles. The summed E-state index contributed by atoms with van der Waals surface area (Å²) in [5.41, 5.74) is 0. The van der Waals surface area contributed by atoms with Gasteiger partial charge in [0.05, 0.1) is 0 Å². The number of carboxylic acid groups (broad SMARTS) is 1. The Labute approximate surface area is 262 Å². The number of hydrogen-bond donors (Lipinski definition) is 1. The van der Waals surface area contributed by atoms with Crippen LogP contribution in [0.2, 0.25) is 0 Å². The van der Waals surface area contributed by atoms with Crippen LogP contribution >= 0.6 is 0 Å². The van der Waals surface area contributed by atoms with Crippen molar-refractivity contribution in [3.8, 4) is 0 Å². The maximum Gasteiger partial charge on any atom is 0.306 e. The Bertz CT molecular complexity index is 600. The molecule has 0 aromatic heterocycles. The van der Waals surface area contributed by atoms with Gasteiger partial charge in [0.15, 0.2) is 0 Å². The second-order valence-electron chi connectivity index (χ2n) is 12.8. The molecule has 0 aliphatic rings. The molecule has 0 aliphatic carbocycles. The molecule has 0 rings (SSSR count). The molecule has 0 heterocycles. The molecule has 0 bridgehead atoms. The van der Waals surface area contributed by atoms with Crippen LogP contribution in [-0.4, -0.2) is 23.1 Å². The third-order valence-corrected chi connectivity index (χ3v) is 8.47. The number of ether oxygens (including phenoxy) is 1. The predicted octanol–water partition coefficient (Wildman–Crippen LogP) is 12.7. The highest BCUT2D eigenvalue weighted by molar-refractivity contribution is 5.69. The third-order valence-electron chi connectivity index (χ3n) is 8.47. The molecule has 1 atom stereocenters. The van der Waals surface area contributed by atoms with Crippen molar-refractivity contribution in [2.24, 2.45) is 0 Å². The Morgan fingerprint density at radius 1 is 0.500 bits per heavy atom. The summed E-state index contributed by atoms with van der Waals surface area (Å²) in [6.45, 7) is 4.43. The van der Waals surface area contributed by atoms with Gasteiger partial charge in [0.25, 0.3) is 0 Å². The SMILES string of the molecule is CCCC/C=C\CCCCCCCC(=O)OC(CCC)CCCCCCCCCCCCCCCCCCCC(=O)O. The zero-order valence-electron chi connectivity index (χ0n) is 28.3. The van der Waals surface area contributed by atoms with E-state index in [1.165, 1.54) is 141 Å². The number of allylic oxidation sites excluding steroid dienone is 2. The van der Waals surface area contributed by atoms with E-state index in [2.05, 4.69) is 26.0 Å². The molecule has 0 fully saturated rings. The first-order chi connectivity index (χ1) is 20.6. The Balaban J connectivity index is 3.49. The number of carboxylic acids is 1. The van der Waals surface area contributed by atoms with Crippen LogP contribution in [0.15, 0.2) is 12.2 Å². The molecule has 1 unspecified atom stereocenters. The van der Waals surface area contributed by atoms with Crippen molar-refractivity contribution < 1.29 is 19.4 Å². The van der Waals surface area contributed by atoms with Gasteiger partial charge in [-0.25, -0.2) is 0 Å². The van der Waals surface area contributed by atoms with Crippen LogP contribution in [0.4, 0.5) is 0 Å². The molecular formula is C38H72O4. The van der Waals surface area contributed by atoms with E-state index in [1.54, 1.807) is 0 Å². The summed E-state index contributed by atoms with van der Waals surface area (Å²) in [6, 6.07) is 0. The van der Waals surface area contributed by atoms with Crippen LogP contribution < -0.4 is 0 Å². The van der Waals surface area contributed by atoms with Gasteiger partial charge in [0.2, 0.25) is 0 Å². The fourth-order valence-corrected chi connectivity index (χ4v) is 5.75. The number of esters is 1. The van der Waals surface area contributed by atoms with E-state index in [0.29, 0.717) is 12.8 Å². The molecule has 0 saturated heterocycles. The first-order valence-corrected chi connectivity index (χ1v) is 18.7. The van der Waals surface area contributed by atoms with Crippen LogP contribution in [-0.2, 0) is 14.3 Å². The topological polar surface area (TPSA) is 63.6 Å². The van der Waals surface area contributed by atoms with Crippen LogP contribution in [0, 0.1) is 0 Å². The maximum absolute atomic E-state index is 12.4. The summed E-state index contributed by atoms with van der Waals surface area (Å²) in [7, 11) is 0. The van der Waals surface area contributed by atoms with E-state index in [4.69, 9.17) is 9.84 Å². The second kappa shape index (κ2) is 34.2. The smallest absolute Gasteiger partial charge is 0.306 e. The molecule has 1 N–H and O–H groups in total. The number of aliphatic carboxylic acids is 1. The zero-order valence-corrected chi connectivity index (χ0v) is 28.3. The Hall–Kier alpha value is -1.32. The van der Waals surface area contributed by atoms with Crippen LogP contribution in [0.5, 0.6) is 0 Å². The molecule has 42 heavy (non-hydrogen) atoms. The Morgan fingerprint density at radius 3 is 1.36 bits per heavy atom. The lowest BCUT2D eigenvalue weighted by Crippen LogP contribution is -2.18. The zero-order chi connectivity index (χ0) is 30.8. The van der Waals surface area contributed by atoms with Crippen molar-refractivity contribution >= 4 is 11.9 Å². The number of unbranched alkanes of at least 4 members (excludes halogenated alkanes) is 23. The lowest BCUT2D eigenvalue weighted by Gasteiger charge is -2.17. The van der Waals surface area contributed by atoms with Crippen molar-refractivity contribution in [1.29, 1.82) is 0 Å². The summed E-state index contributed by atoms with van der Waals surface area (Å²) < 4.78 is 5.86. The summed E-state index contributed by atoms with van der Waals surface area (Å²) >= 11 is 0. The van der Waals surface area contributed by atoms with E-state index in [1.807, 2.05) is 0 Å². The van der Waals surface area contributed by atoms with Gasteiger partial charge in [0.1, 0.15) is 6.10 Å². The average molecular weight is 593 g/mol. The maximum atomic E-state index is 12.4. The number of rotatable bonds is 34. The van der Waals surface area contributed by atoms with Gasteiger partial charge < -0.3 is 9.84 Å². The number of carbonyl (C=O) groups excluding carboxylic acids is 1. The van der Waals surface area contributed by atoms with Gasteiger partial charge in [-0.3, -0.25) is 9.59 Å². The van der Waals surface area contributed by atoms with Crippen LogP contribution in [0.25, 0.3) is 0 Å². The van der Waals surface area contributed by atoms with Crippen molar-refractivity contribution in [3.05, 3.63) is 12.2 Å². The van der Waals surface area contributed by atoms with Gasteiger partial charge in [-0.1, -0.05) is 161 Å². The monoisotopic (exact) mass is 593 g/mol. The predicted molar refractivity (Wildman–Crippen MR) is 181 cm³/mol. The third kappa shape index (κ3) is 33.2. The normalized spacial score (nSPS) is 12.2. The molecule has 0 amide bonds. The van der Waals surface area contributed by atoms with Crippen molar-refractivity contribution in [1.82, 2.24) is 0 Å². The van der Waals surface area contributed by atoms with Gasteiger partial charge in [-0.15, -0.1) is 0 Å². The van der Waals surface area contributed by atoms with Crippen molar-refractivity contribution in [3.63, 3.8) is 0 Å². The van der Waals surface area contributed by atoms with E-state index < -0.39 is 5.97 Å². The summed E-state index contributed by atoms with van der Waals surface area (Å²) in [4.78, 5) is 22.8. The number of carbonyl (C=O) groups is 2. The van der Waals surface area contributed by atoms with Crippen LogP contribution in [0.1, 0.15) is 213 Å². The van der Waals surface area contributed by atoms with Gasteiger partial charge >= 0.3 is 11.9 Å². The quantitative estimate of drug-likeness (QED) is 0.0458. The first-order valence-electron chi connectivity index (χ1n) is 18.7. The fourth-order valence-electron chi connectivity index (χ4n) is 5.75. The second-order valence-corrected chi connectivity index (χ2v) is 12.8. The summed E-state index contributed by atoms with van der Waals surface area (Å²) in [5, 5.41) is 8.65. The molecular weight excluding hydrogens is 520 g/mol. The lowest BCUT2D eigenvalue weighted by molar-refractivity contribution is -0.150. The molecule has 0 radical (unpaired) electrons. The van der Waals surface area contributed by atoms with Gasteiger partial charge in [-0.05, 0) is 51.4 Å². The lowest BCUT2D eigenvalue weighted by atomic mass is 10.0. The van der Waals surface area contributed by atoms with E-state index >= 15 is 0 Å². The first kappa shape index (κ1) is 40.7. The number of hydrogen-bond acceptors (Lipinski definition) is 3. The van der Waals surface area contributed by atoms with E-state index in [9.17, 15) is 9.59 Å².